The van der Waals surface area contributed by atoms with Gasteiger partial charge in [0.15, 0.2) is 6.10 Å². The first-order valence-electron chi connectivity index (χ1n) is 7.39. The summed E-state index contributed by atoms with van der Waals surface area (Å²) in [6.45, 7) is 1.36. The molecule has 7 heteroatoms. The van der Waals surface area contributed by atoms with Crippen LogP contribution >= 0.6 is 11.3 Å². The van der Waals surface area contributed by atoms with Gasteiger partial charge in [-0.05, 0) is 36.6 Å². The molecular formula is C18H13F2NO3S. The number of carbonyl (C=O) groups is 2. The number of anilines is 1. The van der Waals surface area contributed by atoms with Gasteiger partial charge in [0.1, 0.15) is 16.5 Å². The van der Waals surface area contributed by atoms with Crippen LogP contribution in [0.5, 0.6) is 0 Å². The van der Waals surface area contributed by atoms with Gasteiger partial charge < -0.3 is 10.1 Å². The van der Waals surface area contributed by atoms with Crippen LogP contribution < -0.4 is 5.32 Å². The fraction of sp³-hybridized carbons (Fsp3) is 0.111. The third-order valence-electron chi connectivity index (χ3n) is 3.47. The molecule has 25 heavy (non-hydrogen) atoms. The first-order valence-corrected chi connectivity index (χ1v) is 8.21. The zero-order valence-corrected chi connectivity index (χ0v) is 13.9. The van der Waals surface area contributed by atoms with Crippen molar-refractivity contribution in [2.24, 2.45) is 0 Å². The third-order valence-corrected chi connectivity index (χ3v) is 4.56. The number of halogens is 2. The fourth-order valence-electron chi connectivity index (χ4n) is 2.18. The molecule has 0 bridgehead atoms. The van der Waals surface area contributed by atoms with Crippen LogP contribution in [0.3, 0.4) is 0 Å². The summed E-state index contributed by atoms with van der Waals surface area (Å²) in [5.41, 5.74) is -0.310. The first kappa shape index (κ1) is 17.0. The van der Waals surface area contributed by atoms with Crippen LogP contribution in [0.2, 0.25) is 0 Å². The summed E-state index contributed by atoms with van der Waals surface area (Å²) in [6, 6.07) is 11.8. The summed E-state index contributed by atoms with van der Waals surface area (Å²) in [4.78, 5) is 24.6. The molecule has 3 aromatic rings. The van der Waals surface area contributed by atoms with Crippen molar-refractivity contribution in [3.05, 3.63) is 65.0 Å². The largest absolute Gasteiger partial charge is 0.448 e. The molecule has 0 unspecified atom stereocenters. The monoisotopic (exact) mass is 361 g/mol. The van der Waals surface area contributed by atoms with Gasteiger partial charge in [-0.25, -0.2) is 13.6 Å². The average molecular weight is 361 g/mol. The number of ether oxygens (including phenoxy) is 1. The number of fused-ring (bicyclic) bond motifs is 1. The molecule has 4 nitrogen and oxygen atoms in total. The second kappa shape index (κ2) is 6.98. The number of amides is 1. The summed E-state index contributed by atoms with van der Waals surface area (Å²) in [7, 11) is 0. The Kier molecular flexibility index (Phi) is 4.76. The van der Waals surface area contributed by atoms with Crippen molar-refractivity contribution in [3.63, 3.8) is 0 Å². The topological polar surface area (TPSA) is 55.4 Å². The summed E-state index contributed by atoms with van der Waals surface area (Å²) < 4.78 is 32.7. The van der Waals surface area contributed by atoms with Crippen molar-refractivity contribution in [2.75, 3.05) is 5.32 Å². The molecule has 0 spiro atoms. The van der Waals surface area contributed by atoms with E-state index in [1.54, 1.807) is 6.07 Å². The van der Waals surface area contributed by atoms with Crippen molar-refractivity contribution in [2.45, 2.75) is 13.0 Å². The molecule has 0 aliphatic rings. The minimum atomic E-state index is -1.17. The zero-order valence-electron chi connectivity index (χ0n) is 13.1. The van der Waals surface area contributed by atoms with Crippen LogP contribution in [0.15, 0.2) is 48.5 Å². The van der Waals surface area contributed by atoms with E-state index in [0.29, 0.717) is 4.88 Å². The molecule has 1 aromatic heterocycles. The second-order valence-electron chi connectivity index (χ2n) is 5.31. The molecule has 1 N–H and O–H groups in total. The summed E-state index contributed by atoms with van der Waals surface area (Å²) >= 11 is 1.25. The number of rotatable bonds is 4. The molecule has 2 aromatic carbocycles. The Bertz CT molecular complexity index is 921. The minimum Gasteiger partial charge on any atom is -0.448 e. The Morgan fingerprint density at radius 2 is 1.88 bits per heavy atom. The highest BCUT2D eigenvalue weighted by Crippen LogP contribution is 2.26. The van der Waals surface area contributed by atoms with Crippen LogP contribution in [0, 0.1) is 11.6 Å². The number of nitrogens with one attached hydrogen (secondary N) is 1. The van der Waals surface area contributed by atoms with Gasteiger partial charge in [-0.3, -0.25) is 4.79 Å². The van der Waals surface area contributed by atoms with E-state index in [1.807, 2.05) is 24.3 Å². The van der Waals surface area contributed by atoms with Gasteiger partial charge in [0, 0.05) is 10.8 Å². The lowest BCUT2D eigenvalue weighted by molar-refractivity contribution is -0.123. The van der Waals surface area contributed by atoms with Gasteiger partial charge in [-0.2, -0.15) is 0 Å². The quantitative estimate of drug-likeness (QED) is 0.703. The summed E-state index contributed by atoms with van der Waals surface area (Å²) in [5.74, 6) is -2.87. The van der Waals surface area contributed by atoms with Crippen molar-refractivity contribution in [3.8, 4) is 0 Å². The first-order chi connectivity index (χ1) is 11.9. The average Bonchev–Trinajstić information content (AvgIpc) is 3.02. The number of thiophene rings is 1. The van der Waals surface area contributed by atoms with Gasteiger partial charge in [-0.15, -0.1) is 11.3 Å². The van der Waals surface area contributed by atoms with Crippen molar-refractivity contribution >= 4 is 39.0 Å². The Hall–Kier alpha value is -2.80. The molecule has 0 radical (unpaired) electrons. The van der Waals surface area contributed by atoms with Crippen LogP contribution in [-0.2, 0) is 9.53 Å². The normalized spacial score (nSPS) is 12.0. The Balaban J connectivity index is 1.68. The van der Waals surface area contributed by atoms with E-state index in [9.17, 15) is 18.4 Å². The SMILES string of the molecule is C[C@@H](OC(=O)c1cc2ccccc2s1)C(=O)Nc1cc(F)ccc1F. The Labute approximate surface area is 146 Å². The third kappa shape index (κ3) is 3.83. The second-order valence-corrected chi connectivity index (χ2v) is 6.39. The van der Waals surface area contributed by atoms with Gasteiger partial charge in [0.25, 0.3) is 5.91 Å². The lowest BCUT2D eigenvalue weighted by Crippen LogP contribution is -2.30. The minimum absolute atomic E-state index is 0.310. The van der Waals surface area contributed by atoms with E-state index in [0.717, 1.165) is 28.3 Å². The van der Waals surface area contributed by atoms with Crippen LogP contribution in [-0.4, -0.2) is 18.0 Å². The highest BCUT2D eigenvalue weighted by molar-refractivity contribution is 7.20. The highest BCUT2D eigenvalue weighted by Gasteiger charge is 2.21. The van der Waals surface area contributed by atoms with Crippen molar-refractivity contribution in [1.82, 2.24) is 0 Å². The predicted molar refractivity (Wildman–Crippen MR) is 91.7 cm³/mol. The van der Waals surface area contributed by atoms with E-state index in [1.165, 1.54) is 18.3 Å². The molecule has 0 aliphatic heterocycles. The maximum absolute atomic E-state index is 13.6. The lowest BCUT2D eigenvalue weighted by Gasteiger charge is -2.13. The smallest absolute Gasteiger partial charge is 0.349 e. The van der Waals surface area contributed by atoms with E-state index in [2.05, 4.69) is 5.32 Å². The van der Waals surface area contributed by atoms with E-state index < -0.39 is 29.6 Å². The fourth-order valence-corrected chi connectivity index (χ4v) is 3.13. The summed E-state index contributed by atoms with van der Waals surface area (Å²) in [6.07, 6.45) is -1.17. The number of hydrogen-bond donors (Lipinski definition) is 1. The van der Waals surface area contributed by atoms with Gasteiger partial charge >= 0.3 is 5.97 Å². The lowest BCUT2D eigenvalue weighted by atomic mass is 10.2. The number of carbonyl (C=O) groups excluding carboxylic acids is 2. The van der Waals surface area contributed by atoms with Crippen molar-refractivity contribution in [1.29, 1.82) is 0 Å². The highest BCUT2D eigenvalue weighted by atomic mass is 32.1. The zero-order chi connectivity index (χ0) is 18.0. The van der Waals surface area contributed by atoms with Crippen molar-refractivity contribution < 1.29 is 23.1 Å². The number of esters is 1. The van der Waals surface area contributed by atoms with Crippen LogP contribution in [0.1, 0.15) is 16.6 Å². The predicted octanol–water partition coefficient (Wildman–Crippen LogP) is 4.36. The molecule has 1 heterocycles. The maximum atomic E-state index is 13.6. The molecule has 1 atom stereocenters. The van der Waals surface area contributed by atoms with E-state index in [4.69, 9.17) is 4.74 Å². The van der Waals surface area contributed by atoms with Gasteiger partial charge in [0.2, 0.25) is 0 Å². The molecule has 3 rings (SSSR count). The molecule has 1 amide bonds. The Morgan fingerprint density at radius 3 is 2.64 bits per heavy atom. The number of benzene rings is 2. The number of hydrogen-bond acceptors (Lipinski definition) is 4. The molecular weight excluding hydrogens is 348 g/mol. The van der Waals surface area contributed by atoms with Crippen LogP contribution in [0.4, 0.5) is 14.5 Å². The summed E-state index contributed by atoms with van der Waals surface area (Å²) in [5, 5.41) is 3.11. The maximum Gasteiger partial charge on any atom is 0.349 e. The van der Waals surface area contributed by atoms with E-state index >= 15 is 0 Å². The molecule has 0 aliphatic carbocycles. The molecule has 0 saturated carbocycles. The van der Waals surface area contributed by atoms with Crippen LogP contribution in [0.25, 0.3) is 10.1 Å². The molecule has 128 valence electrons. The Morgan fingerprint density at radius 1 is 1.12 bits per heavy atom. The van der Waals surface area contributed by atoms with E-state index in [-0.39, 0.29) is 5.69 Å². The standard InChI is InChI=1S/C18H13F2NO3S/c1-10(17(22)21-14-9-12(19)6-7-13(14)20)24-18(23)16-8-11-4-2-3-5-15(11)25-16/h2-10H,1H3,(H,21,22)/t10-/m1/s1. The van der Waals surface area contributed by atoms with Gasteiger partial charge in [-0.1, -0.05) is 18.2 Å². The molecule has 0 saturated heterocycles. The molecule has 0 fully saturated rings. The van der Waals surface area contributed by atoms with Gasteiger partial charge in [0.05, 0.1) is 5.69 Å².